The zero-order valence-corrected chi connectivity index (χ0v) is 18.8. The minimum absolute atomic E-state index is 0.0635. The molecule has 1 atom stereocenters. The van der Waals surface area contributed by atoms with Gasteiger partial charge in [-0.2, -0.15) is 0 Å². The second-order valence-corrected chi connectivity index (χ2v) is 10.9. The minimum Gasteiger partial charge on any atom is -0.350 e. The van der Waals surface area contributed by atoms with E-state index in [9.17, 15) is 9.59 Å². The normalized spacial score (nSPS) is 33.2. The number of hydrogen-bond acceptors (Lipinski definition) is 4. The fourth-order valence-corrected chi connectivity index (χ4v) is 7.51. The Hall–Kier alpha value is -2.41. The molecule has 2 aromatic heterocycles. The topological polar surface area (TPSA) is 78.7 Å². The van der Waals surface area contributed by atoms with Crippen LogP contribution in [0.1, 0.15) is 65.9 Å². The molecule has 3 heterocycles. The summed E-state index contributed by atoms with van der Waals surface area (Å²) in [5, 5.41) is 6.50. The van der Waals surface area contributed by atoms with E-state index < -0.39 is 0 Å². The van der Waals surface area contributed by atoms with Gasteiger partial charge in [-0.1, -0.05) is 6.07 Å². The molecule has 1 aliphatic heterocycles. The SMILES string of the molecule is CNC1CCN(C(=O)c2cn3c(C(=O)NCC45CC6CC(CC(C6)C4)C5)cccc3n2)C1. The van der Waals surface area contributed by atoms with Crippen LogP contribution in [0.4, 0.5) is 0 Å². The van der Waals surface area contributed by atoms with Crippen LogP contribution in [-0.2, 0) is 0 Å². The van der Waals surface area contributed by atoms with Crippen LogP contribution in [0.3, 0.4) is 0 Å². The highest BCUT2D eigenvalue weighted by Crippen LogP contribution is 2.59. The fourth-order valence-electron chi connectivity index (χ4n) is 7.51. The number of fused-ring (bicyclic) bond motifs is 1. The lowest BCUT2D eigenvalue weighted by molar-refractivity contribution is -0.0503. The number of likely N-dealkylation sites (N-methyl/N-ethyl adjacent to an activating group) is 1. The van der Waals surface area contributed by atoms with E-state index in [1.807, 2.05) is 30.1 Å². The van der Waals surface area contributed by atoms with Crippen molar-refractivity contribution < 1.29 is 9.59 Å². The predicted octanol–water partition coefficient (Wildman–Crippen LogP) is 2.71. The second kappa shape index (κ2) is 7.58. The predicted molar refractivity (Wildman–Crippen MR) is 121 cm³/mol. The van der Waals surface area contributed by atoms with Crippen LogP contribution in [-0.4, -0.2) is 58.8 Å². The number of rotatable bonds is 5. The maximum Gasteiger partial charge on any atom is 0.274 e. The monoisotopic (exact) mass is 435 g/mol. The number of imidazole rings is 1. The molecular weight excluding hydrogens is 402 g/mol. The van der Waals surface area contributed by atoms with Crippen molar-refractivity contribution in [1.29, 1.82) is 0 Å². The molecule has 0 aromatic carbocycles. The molecule has 1 unspecified atom stereocenters. The highest BCUT2D eigenvalue weighted by atomic mass is 16.2. The standard InChI is InChI=1S/C25H33N5O2/c1-26-19-5-6-29(13-19)24(32)20-14-30-21(3-2-4-22(30)28-20)23(31)27-15-25-10-16-7-17(11-25)9-18(8-16)12-25/h2-4,14,16-19,26H,5-13,15H2,1H3,(H,27,31). The van der Waals surface area contributed by atoms with Crippen LogP contribution in [0.2, 0.25) is 0 Å². The van der Waals surface area contributed by atoms with Gasteiger partial charge in [0.25, 0.3) is 11.8 Å². The third-order valence-corrected chi connectivity index (χ3v) is 8.62. The van der Waals surface area contributed by atoms with Crippen LogP contribution in [0.5, 0.6) is 0 Å². The summed E-state index contributed by atoms with van der Waals surface area (Å²) in [5.41, 5.74) is 1.89. The lowest BCUT2D eigenvalue weighted by atomic mass is 9.49. The molecule has 170 valence electrons. The summed E-state index contributed by atoms with van der Waals surface area (Å²) in [6.45, 7) is 2.20. The molecule has 0 radical (unpaired) electrons. The van der Waals surface area contributed by atoms with Gasteiger partial charge in [0.1, 0.15) is 17.0 Å². The van der Waals surface area contributed by atoms with Crippen LogP contribution in [0.15, 0.2) is 24.4 Å². The number of aromatic nitrogens is 2. The summed E-state index contributed by atoms with van der Waals surface area (Å²) < 4.78 is 1.77. The first-order valence-electron chi connectivity index (χ1n) is 12.2. The quantitative estimate of drug-likeness (QED) is 0.757. The Morgan fingerprint density at radius 3 is 2.50 bits per heavy atom. The second-order valence-electron chi connectivity index (χ2n) is 10.9. The third-order valence-electron chi connectivity index (χ3n) is 8.62. The summed E-state index contributed by atoms with van der Waals surface area (Å²) in [6, 6.07) is 5.86. The van der Waals surface area contributed by atoms with Gasteiger partial charge in [-0.3, -0.25) is 14.0 Å². The van der Waals surface area contributed by atoms with Gasteiger partial charge in [-0.25, -0.2) is 4.98 Å². The van der Waals surface area contributed by atoms with Gasteiger partial charge in [0.05, 0.1) is 0 Å². The van der Waals surface area contributed by atoms with Crippen LogP contribution >= 0.6 is 0 Å². The average Bonchev–Trinajstić information content (AvgIpc) is 3.43. The molecular formula is C25H33N5O2. The first-order valence-corrected chi connectivity index (χ1v) is 12.2. The summed E-state index contributed by atoms with van der Waals surface area (Å²) in [7, 11) is 1.93. The van der Waals surface area contributed by atoms with Gasteiger partial charge >= 0.3 is 0 Å². The molecule has 2 aromatic rings. The Bertz CT molecular complexity index is 1020. The summed E-state index contributed by atoms with van der Waals surface area (Å²) in [5.74, 6) is 2.48. The average molecular weight is 436 g/mol. The maximum absolute atomic E-state index is 13.2. The lowest BCUT2D eigenvalue weighted by Gasteiger charge is -2.56. The van der Waals surface area contributed by atoms with E-state index in [0.29, 0.717) is 35.0 Å². The Labute approximate surface area is 188 Å². The zero-order chi connectivity index (χ0) is 21.9. The Kier molecular flexibility index (Phi) is 4.79. The van der Waals surface area contributed by atoms with Crippen molar-refractivity contribution in [3.8, 4) is 0 Å². The van der Waals surface area contributed by atoms with Crippen molar-refractivity contribution in [3.63, 3.8) is 0 Å². The smallest absolute Gasteiger partial charge is 0.274 e. The molecule has 32 heavy (non-hydrogen) atoms. The highest BCUT2D eigenvalue weighted by Gasteiger charge is 2.50. The Morgan fingerprint density at radius 1 is 1.12 bits per heavy atom. The third kappa shape index (κ3) is 3.41. The minimum atomic E-state index is -0.0702. The molecule has 4 saturated carbocycles. The Balaban J connectivity index is 1.19. The first-order chi connectivity index (χ1) is 15.5. The molecule has 0 spiro atoms. The van der Waals surface area contributed by atoms with E-state index in [2.05, 4.69) is 15.6 Å². The number of likely N-dealkylation sites (tertiary alicyclic amines) is 1. The van der Waals surface area contributed by atoms with E-state index in [4.69, 9.17) is 0 Å². The van der Waals surface area contributed by atoms with Crippen LogP contribution in [0, 0.1) is 23.2 Å². The van der Waals surface area contributed by atoms with E-state index in [1.54, 1.807) is 10.6 Å². The number of amides is 2. The van der Waals surface area contributed by atoms with Crippen molar-refractivity contribution >= 4 is 17.5 Å². The van der Waals surface area contributed by atoms with Crippen LogP contribution in [0.25, 0.3) is 5.65 Å². The number of nitrogens with zero attached hydrogens (tertiary/aromatic N) is 3. The number of nitrogens with one attached hydrogen (secondary N) is 2. The molecule has 7 heteroatoms. The molecule has 2 N–H and O–H groups in total. The summed E-state index contributed by atoms with van der Waals surface area (Å²) in [4.78, 5) is 32.6. The highest BCUT2D eigenvalue weighted by molar-refractivity contribution is 5.95. The Morgan fingerprint density at radius 2 is 1.84 bits per heavy atom. The largest absolute Gasteiger partial charge is 0.350 e. The molecule has 5 fully saturated rings. The summed E-state index contributed by atoms with van der Waals surface area (Å²) in [6.07, 6.45) is 10.7. The van der Waals surface area contributed by atoms with E-state index in [-0.39, 0.29) is 11.8 Å². The zero-order valence-electron chi connectivity index (χ0n) is 18.8. The van der Waals surface area contributed by atoms with E-state index in [0.717, 1.165) is 37.3 Å². The summed E-state index contributed by atoms with van der Waals surface area (Å²) >= 11 is 0. The van der Waals surface area contributed by atoms with Gasteiger partial charge in [-0.05, 0) is 87.3 Å². The molecule has 4 aliphatic carbocycles. The van der Waals surface area contributed by atoms with Gasteiger partial charge in [0.15, 0.2) is 0 Å². The van der Waals surface area contributed by atoms with Crippen molar-refractivity contribution in [2.24, 2.45) is 23.2 Å². The molecule has 7 rings (SSSR count). The van der Waals surface area contributed by atoms with Gasteiger partial charge in [-0.15, -0.1) is 0 Å². The van der Waals surface area contributed by atoms with Crippen molar-refractivity contribution in [3.05, 3.63) is 35.8 Å². The molecule has 4 bridgehead atoms. The fraction of sp³-hybridized carbons (Fsp3) is 0.640. The van der Waals surface area contributed by atoms with Crippen molar-refractivity contribution in [2.75, 3.05) is 26.7 Å². The van der Waals surface area contributed by atoms with Crippen molar-refractivity contribution in [2.45, 2.75) is 51.0 Å². The molecule has 7 nitrogen and oxygen atoms in total. The van der Waals surface area contributed by atoms with Gasteiger partial charge in [0.2, 0.25) is 0 Å². The molecule has 5 aliphatic rings. The van der Waals surface area contributed by atoms with Crippen LogP contribution < -0.4 is 10.6 Å². The van der Waals surface area contributed by atoms with Crippen molar-refractivity contribution in [1.82, 2.24) is 24.9 Å². The van der Waals surface area contributed by atoms with E-state index >= 15 is 0 Å². The number of hydrogen-bond donors (Lipinski definition) is 2. The van der Waals surface area contributed by atoms with Gasteiger partial charge in [0, 0.05) is 31.9 Å². The van der Waals surface area contributed by atoms with E-state index in [1.165, 1.54) is 38.5 Å². The first kappa shape index (κ1) is 20.2. The van der Waals surface area contributed by atoms with Gasteiger partial charge < -0.3 is 15.5 Å². The lowest BCUT2D eigenvalue weighted by Crippen LogP contribution is -2.51. The molecule has 2 amide bonds. The number of carbonyl (C=O) groups is 2. The molecule has 1 saturated heterocycles. The maximum atomic E-state index is 13.2. The number of pyridine rings is 1. The number of carbonyl (C=O) groups excluding carboxylic acids is 2.